The maximum atomic E-state index is 11.8. The van der Waals surface area contributed by atoms with Gasteiger partial charge in [0.25, 0.3) is 0 Å². The van der Waals surface area contributed by atoms with Gasteiger partial charge in [-0.1, -0.05) is 35.5 Å². The molecule has 0 aromatic heterocycles. The molecule has 0 radical (unpaired) electrons. The fourth-order valence-corrected chi connectivity index (χ4v) is 2.95. The summed E-state index contributed by atoms with van der Waals surface area (Å²) >= 11 is 0. The third-order valence-corrected chi connectivity index (χ3v) is 5.11. The van der Waals surface area contributed by atoms with Crippen LogP contribution in [-0.2, 0) is 25.1 Å². The molecule has 1 rings (SSSR count). The van der Waals surface area contributed by atoms with Gasteiger partial charge in [-0.05, 0) is 12.0 Å². The van der Waals surface area contributed by atoms with E-state index in [9.17, 15) is 14.8 Å². The van der Waals surface area contributed by atoms with E-state index in [2.05, 4.69) is 5.16 Å². The van der Waals surface area contributed by atoms with E-state index in [1.54, 1.807) is 0 Å². The Morgan fingerprint density at radius 2 is 1.87 bits per heavy atom. The molecular weight excluding hydrogens is 321 g/mol. The van der Waals surface area contributed by atoms with Gasteiger partial charge in [0.15, 0.2) is 0 Å². The van der Waals surface area contributed by atoms with E-state index in [1.807, 2.05) is 30.3 Å². The Balaban J connectivity index is 2.25. The van der Waals surface area contributed by atoms with Crippen LogP contribution in [0.25, 0.3) is 0 Å². The Morgan fingerprint density at radius 3 is 2.48 bits per heavy atom. The predicted molar refractivity (Wildman–Crippen MR) is 87.5 cm³/mol. The van der Waals surface area contributed by atoms with Crippen molar-refractivity contribution in [3.63, 3.8) is 0 Å². The maximum absolute atomic E-state index is 11.8. The van der Waals surface area contributed by atoms with Crippen molar-refractivity contribution in [2.75, 3.05) is 20.4 Å². The topological polar surface area (TPSA) is 97.6 Å². The Hall–Kier alpha value is -1.24. The zero-order valence-electron chi connectivity index (χ0n) is 13.4. The first-order chi connectivity index (χ1) is 11.0. The number of rotatable bonds is 11. The van der Waals surface area contributed by atoms with Gasteiger partial charge in [0.2, 0.25) is 0 Å². The molecule has 0 fully saturated rings. The third-order valence-electron chi connectivity index (χ3n) is 3.19. The molecule has 8 heteroatoms. The summed E-state index contributed by atoms with van der Waals surface area (Å²) in [6.07, 6.45) is -0.247. The van der Waals surface area contributed by atoms with Gasteiger partial charge in [-0.25, -0.2) is 0 Å². The van der Waals surface area contributed by atoms with Crippen LogP contribution in [0.1, 0.15) is 18.4 Å². The van der Waals surface area contributed by atoms with Crippen LogP contribution >= 0.6 is 7.60 Å². The number of hydrogen-bond acceptors (Lipinski definition) is 7. The van der Waals surface area contributed by atoms with E-state index in [-0.39, 0.29) is 19.0 Å². The van der Waals surface area contributed by atoms with E-state index in [4.69, 9.17) is 13.9 Å². The number of oxime groups is 1. The summed E-state index contributed by atoms with van der Waals surface area (Å²) in [7, 11) is -0.551. The number of hydrogen-bond donors (Lipinski definition) is 2. The quantitative estimate of drug-likeness (QED) is 0.362. The Kier molecular flexibility index (Phi) is 9.06. The van der Waals surface area contributed by atoms with Crippen LogP contribution in [0.5, 0.6) is 0 Å². The first-order valence-electron chi connectivity index (χ1n) is 7.25. The highest BCUT2D eigenvalue weighted by Gasteiger charge is 2.23. The van der Waals surface area contributed by atoms with Gasteiger partial charge in [-0.15, -0.1) is 0 Å². The van der Waals surface area contributed by atoms with Crippen LogP contribution in [0, 0.1) is 0 Å². The summed E-state index contributed by atoms with van der Waals surface area (Å²) in [5.41, 5.74) is 0.967. The Bertz CT molecular complexity index is 502. The minimum absolute atomic E-state index is 0.0611. The molecule has 0 saturated carbocycles. The smallest absolute Gasteiger partial charge is 0.330 e. The molecule has 0 heterocycles. The lowest BCUT2D eigenvalue weighted by Gasteiger charge is -2.16. The van der Waals surface area contributed by atoms with Crippen molar-refractivity contribution in [3.05, 3.63) is 35.9 Å². The molecule has 0 amide bonds. The van der Waals surface area contributed by atoms with E-state index >= 15 is 0 Å². The number of aliphatic hydroxyl groups is 2. The van der Waals surface area contributed by atoms with E-state index in [1.165, 1.54) is 20.4 Å². The third kappa shape index (κ3) is 8.25. The lowest BCUT2D eigenvalue weighted by Crippen LogP contribution is -2.20. The van der Waals surface area contributed by atoms with Crippen molar-refractivity contribution >= 4 is 13.8 Å². The number of aliphatic hydroxyl groups excluding tert-OH is 2. The molecule has 0 bridgehead atoms. The van der Waals surface area contributed by atoms with Crippen LogP contribution in [-0.4, -0.2) is 49.0 Å². The summed E-state index contributed by atoms with van der Waals surface area (Å²) in [6.45, 7) is 0.303. The molecule has 0 saturated heterocycles. The highest BCUT2D eigenvalue weighted by molar-refractivity contribution is 7.53. The SMILES string of the molecule is COP(=O)(CC[C@@H](O)C[C@@H](O)C=NOCc1ccccc1)OC. The van der Waals surface area contributed by atoms with Gasteiger partial charge in [0.1, 0.15) is 6.61 Å². The Morgan fingerprint density at radius 1 is 1.22 bits per heavy atom. The minimum atomic E-state index is -3.14. The lowest BCUT2D eigenvalue weighted by molar-refractivity contribution is 0.101. The molecule has 0 aliphatic carbocycles. The van der Waals surface area contributed by atoms with E-state index in [0.717, 1.165) is 5.56 Å². The minimum Gasteiger partial charge on any atom is -0.393 e. The summed E-state index contributed by atoms with van der Waals surface area (Å²) < 4.78 is 21.4. The average molecular weight is 345 g/mol. The highest BCUT2D eigenvalue weighted by atomic mass is 31.2. The lowest BCUT2D eigenvalue weighted by atomic mass is 10.1. The molecule has 23 heavy (non-hydrogen) atoms. The molecule has 2 N–H and O–H groups in total. The molecular formula is C15H24NO6P. The summed E-state index contributed by atoms with van der Waals surface area (Å²) in [5, 5.41) is 23.2. The second-order valence-electron chi connectivity index (χ2n) is 4.96. The normalized spacial score (nSPS) is 14.8. The molecule has 2 atom stereocenters. The second kappa shape index (κ2) is 10.5. The van der Waals surface area contributed by atoms with Crippen molar-refractivity contribution in [2.24, 2.45) is 5.16 Å². The van der Waals surface area contributed by atoms with Gasteiger partial charge in [-0.2, -0.15) is 0 Å². The van der Waals surface area contributed by atoms with Crippen molar-refractivity contribution in [3.8, 4) is 0 Å². The van der Waals surface area contributed by atoms with Gasteiger partial charge >= 0.3 is 7.60 Å². The van der Waals surface area contributed by atoms with Crippen LogP contribution in [0.4, 0.5) is 0 Å². The monoisotopic (exact) mass is 345 g/mol. The van der Waals surface area contributed by atoms with Crippen molar-refractivity contribution in [1.82, 2.24) is 0 Å². The molecule has 1 aromatic carbocycles. The molecule has 7 nitrogen and oxygen atoms in total. The highest BCUT2D eigenvalue weighted by Crippen LogP contribution is 2.47. The van der Waals surface area contributed by atoms with E-state index in [0.29, 0.717) is 6.61 Å². The summed E-state index contributed by atoms with van der Waals surface area (Å²) in [6, 6.07) is 9.50. The fourth-order valence-electron chi connectivity index (χ4n) is 1.82. The van der Waals surface area contributed by atoms with Crippen LogP contribution in [0.15, 0.2) is 35.5 Å². The van der Waals surface area contributed by atoms with Gasteiger partial charge in [0.05, 0.1) is 24.6 Å². The Labute approximate surface area is 136 Å². The predicted octanol–water partition coefficient (Wildman–Crippen LogP) is 2.18. The molecule has 0 aliphatic heterocycles. The molecule has 0 spiro atoms. The van der Waals surface area contributed by atoms with Crippen molar-refractivity contribution in [2.45, 2.75) is 31.7 Å². The number of benzene rings is 1. The van der Waals surface area contributed by atoms with Gasteiger partial charge < -0.3 is 24.1 Å². The maximum Gasteiger partial charge on any atom is 0.330 e. The number of nitrogens with zero attached hydrogens (tertiary/aromatic N) is 1. The van der Waals surface area contributed by atoms with Crippen LogP contribution in [0.2, 0.25) is 0 Å². The molecule has 0 aliphatic rings. The van der Waals surface area contributed by atoms with Crippen molar-refractivity contribution < 1.29 is 28.7 Å². The molecule has 0 unspecified atom stereocenters. The second-order valence-corrected chi connectivity index (χ2v) is 7.36. The molecule has 130 valence electrons. The fraction of sp³-hybridized carbons (Fsp3) is 0.533. The first kappa shape index (κ1) is 19.8. The largest absolute Gasteiger partial charge is 0.393 e. The summed E-state index contributed by atoms with van der Waals surface area (Å²) in [4.78, 5) is 5.06. The average Bonchev–Trinajstić information content (AvgIpc) is 2.57. The zero-order valence-corrected chi connectivity index (χ0v) is 14.3. The van der Waals surface area contributed by atoms with Crippen LogP contribution in [0.3, 0.4) is 0 Å². The van der Waals surface area contributed by atoms with Crippen LogP contribution < -0.4 is 0 Å². The first-order valence-corrected chi connectivity index (χ1v) is 8.98. The summed E-state index contributed by atoms with van der Waals surface area (Å²) in [5.74, 6) is 0. The molecule has 1 aromatic rings. The zero-order chi connectivity index (χ0) is 17.1. The van der Waals surface area contributed by atoms with E-state index < -0.39 is 19.8 Å². The van der Waals surface area contributed by atoms with Gasteiger partial charge in [-0.3, -0.25) is 4.57 Å². The van der Waals surface area contributed by atoms with Gasteiger partial charge in [0, 0.05) is 20.6 Å². The standard InChI is InChI=1S/C15H24NO6P/c1-20-23(19,21-2)9-8-14(17)10-15(18)11-16-22-12-13-6-4-3-5-7-13/h3-7,11,14-15,17-18H,8-10,12H2,1-2H3/t14-,15-/m1/s1. The van der Waals surface area contributed by atoms with Crippen molar-refractivity contribution in [1.29, 1.82) is 0 Å².